The van der Waals surface area contributed by atoms with Gasteiger partial charge in [0.15, 0.2) is 6.61 Å². The molecule has 0 heterocycles. The first-order chi connectivity index (χ1) is 15.8. The Hall–Kier alpha value is -3.60. The normalized spacial score (nSPS) is 11.0. The minimum Gasteiger partial charge on any atom is -0.484 e. The zero-order chi connectivity index (χ0) is 23.8. The van der Waals surface area contributed by atoms with Gasteiger partial charge in [-0.3, -0.25) is 9.59 Å². The lowest BCUT2D eigenvalue weighted by Crippen LogP contribution is -2.30. The summed E-state index contributed by atoms with van der Waals surface area (Å²) in [6.45, 7) is 8.94. The summed E-state index contributed by atoms with van der Waals surface area (Å²) in [6.07, 6.45) is 1.04. The molecular formula is C28H32N2O3. The molecule has 33 heavy (non-hydrogen) atoms. The van der Waals surface area contributed by atoms with Crippen molar-refractivity contribution in [2.24, 2.45) is 0 Å². The van der Waals surface area contributed by atoms with Crippen LogP contribution in [0, 0.1) is 0 Å². The Kier molecular flexibility index (Phi) is 7.88. The Bertz CT molecular complexity index is 1080. The van der Waals surface area contributed by atoms with E-state index in [1.54, 1.807) is 29.2 Å². The van der Waals surface area contributed by atoms with Crippen molar-refractivity contribution in [1.82, 2.24) is 0 Å². The van der Waals surface area contributed by atoms with Crippen molar-refractivity contribution in [3.8, 4) is 5.75 Å². The van der Waals surface area contributed by atoms with E-state index in [9.17, 15) is 9.59 Å². The van der Waals surface area contributed by atoms with Crippen LogP contribution >= 0.6 is 0 Å². The molecule has 0 spiro atoms. The number of rotatable bonds is 9. The number of hydrogen-bond acceptors (Lipinski definition) is 3. The lowest BCUT2D eigenvalue weighted by Gasteiger charge is -2.23. The van der Waals surface area contributed by atoms with Crippen molar-refractivity contribution >= 4 is 23.2 Å². The molecule has 0 unspecified atom stereocenters. The maximum absolute atomic E-state index is 13.0. The zero-order valence-electron chi connectivity index (χ0n) is 19.8. The lowest BCUT2D eigenvalue weighted by atomic mass is 9.82. The van der Waals surface area contributed by atoms with E-state index in [0.717, 1.165) is 12.1 Å². The number of carbonyl (C=O) groups excluding carboxylic acids is 2. The molecule has 5 nitrogen and oxygen atoms in total. The number of para-hydroxylation sites is 1. The number of ether oxygens (including phenoxy) is 1. The maximum Gasteiger partial charge on any atom is 0.262 e. The molecule has 0 aliphatic carbocycles. The second kappa shape index (κ2) is 10.8. The highest BCUT2D eigenvalue weighted by Crippen LogP contribution is 2.28. The number of nitrogens with one attached hydrogen (secondary N) is 1. The van der Waals surface area contributed by atoms with Crippen LogP contribution in [0.1, 0.15) is 50.0 Å². The predicted octanol–water partition coefficient (Wildman–Crippen LogP) is 6.06. The largest absolute Gasteiger partial charge is 0.484 e. The van der Waals surface area contributed by atoms with E-state index < -0.39 is 0 Å². The van der Waals surface area contributed by atoms with Crippen molar-refractivity contribution < 1.29 is 14.3 Å². The summed E-state index contributed by atoms with van der Waals surface area (Å²) in [7, 11) is 0. The Labute approximate surface area is 196 Å². The first kappa shape index (κ1) is 24.1. The average molecular weight is 445 g/mol. The SMILES string of the molecule is CCN(C(=O)c1cccc(NC(=O)COc2ccc(C(C)(C)CC)cc2)c1)c1ccccc1. The quantitative estimate of drug-likeness (QED) is 0.436. The highest BCUT2D eigenvalue weighted by molar-refractivity contribution is 6.07. The van der Waals surface area contributed by atoms with Gasteiger partial charge in [0, 0.05) is 23.5 Å². The van der Waals surface area contributed by atoms with Gasteiger partial charge in [0.25, 0.3) is 11.8 Å². The summed E-state index contributed by atoms with van der Waals surface area (Å²) >= 11 is 0. The van der Waals surface area contributed by atoms with E-state index in [4.69, 9.17) is 4.74 Å². The molecular weight excluding hydrogens is 412 g/mol. The summed E-state index contributed by atoms with van der Waals surface area (Å²) in [5.74, 6) is 0.241. The summed E-state index contributed by atoms with van der Waals surface area (Å²) in [5.41, 5.74) is 3.24. The molecule has 0 radical (unpaired) electrons. The molecule has 0 saturated heterocycles. The van der Waals surface area contributed by atoms with Crippen LogP contribution in [-0.4, -0.2) is 25.0 Å². The molecule has 2 amide bonds. The van der Waals surface area contributed by atoms with Crippen LogP contribution in [0.2, 0.25) is 0 Å². The standard InChI is InChI=1S/C28H32N2O3/c1-5-28(3,4)22-15-17-25(18-16-22)33-20-26(31)29-23-12-10-11-21(19-23)27(32)30(6-2)24-13-8-7-9-14-24/h7-19H,5-6,20H2,1-4H3,(H,29,31). The molecule has 0 aromatic heterocycles. The zero-order valence-corrected chi connectivity index (χ0v) is 19.8. The number of anilines is 2. The van der Waals surface area contributed by atoms with Gasteiger partial charge in [-0.1, -0.05) is 57.2 Å². The molecule has 0 fully saturated rings. The molecule has 3 aromatic carbocycles. The summed E-state index contributed by atoms with van der Waals surface area (Å²) in [4.78, 5) is 27.2. The van der Waals surface area contributed by atoms with Gasteiger partial charge < -0.3 is 15.0 Å². The van der Waals surface area contributed by atoms with Gasteiger partial charge in [-0.25, -0.2) is 0 Å². The van der Waals surface area contributed by atoms with Crippen LogP contribution < -0.4 is 15.0 Å². The third-order valence-corrected chi connectivity index (χ3v) is 5.91. The minimum absolute atomic E-state index is 0.103. The second-order valence-corrected chi connectivity index (χ2v) is 8.56. The van der Waals surface area contributed by atoms with Gasteiger partial charge >= 0.3 is 0 Å². The average Bonchev–Trinajstić information content (AvgIpc) is 2.84. The van der Waals surface area contributed by atoms with Crippen molar-refractivity contribution in [3.05, 3.63) is 90.0 Å². The van der Waals surface area contributed by atoms with Gasteiger partial charge in [-0.15, -0.1) is 0 Å². The smallest absolute Gasteiger partial charge is 0.262 e. The van der Waals surface area contributed by atoms with Crippen LogP contribution in [0.25, 0.3) is 0 Å². The predicted molar refractivity (Wildman–Crippen MR) is 134 cm³/mol. The Morgan fingerprint density at radius 1 is 0.909 bits per heavy atom. The molecule has 5 heteroatoms. The van der Waals surface area contributed by atoms with Gasteiger partial charge in [-0.2, -0.15) is 0 Å². The Morgan fingerprint density at radius 3 is 2.24 bits per heavy atom. The molecule has 1 N–H and O–H groups in total. The van der Waals surface area contributed by atoms with Crippen LogP contribution in [0.5, 0.6) is 5.75 Å². The van der Waals surface area contributed by atoms with Crippen LogP contribution in [0.3, 0.4) is 0 Å². The summed E-state index contributed by atoms with van der Waals surface area (Å²) in [6, 6.07) is 24.3. The van der Waals surface area contributed by atoms with Crippen LogP contribution in [0.4, 0.5) is 11.4 Å². The van der Waals surface area contributed by atoms with Crippen molar-refractivity contribution in [3.63, 3.8) is 0 Å². The first-order valence-corrected chi connectivity index (χ1v) is 11.3. The minimum atomic E-state index is -0.284. The van der Waals surface area contributed by atoms with Gasteiger partial charge in [0.05, 0.1) is 0 Å². The molecule has 0 atom stereocenters. The van der Waals surface area contributed by atoms with E-state index >= 15 is 0 Å². The topological polar surface area (TPSA) is 58.6 Å². The monoisotopic (exact) mass is 444 g/mol. The Balaban J connectivity index is 1.61. The number of carbonyl (C=O) groups is 2. The number of nitrogens with zero attached hydrogens (tertiary/aromatic N) is 1. The fourth-order valence-corrected chi connectivity index (χ4v) is 3.49. The molecule has 0 aliphatic rings. The van der Waals surface area contributed by atoms with Crippen molar-refractivity contribution in [1.29, 1.82) is 0 Å². The van der Waals surface area contributed by atoms with E-state index in [1.165, 1.54) is 5.56 Å². The fraction of sp³-hybridized carbons (Fsp3) is 0.286. The number of amides is 2. The highest BCUT2D eigenvalue weighted by atomic mass is 16.5. The van der Waals surface area contributed by atoms with Crippen LogP contribution in [-0.2, 0) is 10.2 Å². The summed E-state index contributed by atoms with van der Waals surface area (Å²) < 4.78 is 5.65. The number of benzene rings is 3. The lowest BCUT2D eigenvalue weighted by molar-refractivity contribution is -0.118. The third-order valence-electron chi connectivity index (χ3n) is 5.91. The van der Waals surface area contributed by atoms with E-state index in [-0.39, 0.29) is 23.8 Å². The van der Waals surface area contributed by atoms with Gasteiger partial charge in [0.1, 0.15) is 5.75 Å². The van der Waals surface area contributed by atoms with Gasteiger partial charge in [-0.05, 0) is 66.8 Å². The molecule has 0 bridgehead atoms. The number of hydrogen-bond donors (Lipinski definition) is 1. The Morgan fingerprint density at radius 2 is 1.61 bits per heavy atom. The van der Waals surface area contributed by atoms with E-state index in [2.05, 4.69) is 26.1 Å². The van der Waals surface area contributed by atoms with Crippen LogP contribution in [0.15, 0.2) is 78.9 Å². The van der Waals surface area contributed by atoms with Crippen molar-refractivity contribution in [2.45, 2.75) is 39.5 Å². The second-order valence-electron chi connectivity index (χ2n) is 8.56. The maximum atomic E-state index is 13.0. The summed E-state index contributed by atoms with van der Waals surface area (Å²) in [5, 5.41) is 2.81. The molecule has 0 saturated carbocycles. The highest BCUT2D eigenvalue weighted by Gasteiger charge is 2.18. The first-order valence-electron chi connectivity index (χ1n) is 11.3. The fourth-order valence-electron chi connectivity index (χ4n) is 3.49. The van der Waals surface area contributed by atoms with Gasteiger partial charge in [0.2, 0.25) is 0 Å². The van der Waals surface area contributed by atoms with E-state index in [1.807, 2.05) is 61.5 Å². The van der Waals surface area contributed by atoms with E-state index in [0.29, 0.717) is 23.5 Å². The van der Waals surface area contributed by atoms with Crippen molar-refractivity contribution in [2.75, 3.05) is 23.4 Å². The molecule has 3 rings (SSSR count). The molecule has 172 valence electrons. The molecule has 0 aliphatic heterocycles. The third kappa shape index (κ3) is 6.22. The molecule has 3 aromatic rings.